The summed E-state index contributed by atoms with van der Waals surface area (Å²) in [4.78, 5) is 19.2. The van der Waals surface area contributed by atoms with Gasteiger partial charge in [0.05, 0.1) is 16.5 Å². The highest BCUT2D eigenvalue weighted by molar-refractivity contribution is 5.79. The third-order valence-corrected chi connectivity index (χ3v) is 3.80. The summed E-state index contributed by atoms with van der Waals surface area (Å²) in [6.45, 7) is 0. The number of nitrogens with one attached hydrogen (secondary N) is 1. The number of para-hydroxylation sites is 2. The van der Waals surface area contributed by atoms with Crippen LogP contribution in [-0.2, 0) is 0 Å². The van der Waals surface area contributed by atoms with Gasteiger partial charge in [0.2, 0.25) is 0 Å². The number of rotatable bonds is 3. The van der Waals surface area contributed by atoms with Crippen LogP contribution in [0.15, 0.2) is 77.6 Å². The number of aromatic amines is 1. The maximum atomic E-state index is 14.9. The van der Waals surface area contributed by atoms with E-state index in [1.807, 2.05) is 6.07 Å². The normalized spacial score (nSPS) is 10.8. The van der Waals surface area contributed by atoms with Crippen molar-refractivity contribution in [3.8, 4) is 22.9 Å². The number of halogens is 1. The zero-order chi connectivity index (χ0) is 17.2. The van der Waals surface area contributed by atoms with Crippen LogP contribution in [-0.4, -0.2) is 9.97 Å². The lowest BCUT2D eigenvalue weighted by Gasteiger charge is -2.10. The first-order chi connectivity index (χ1) is 12.2. The standard InChI is InChI=1S/C20H13FN2O2/c21-18-15(10-6-12-17(18)25-13-7-2-1-3-8-13)19-22-16-11-5-4-9-14(16)20(24)23-19/h1-12H,(H,22,23,24). The van der Waals surface area contributed by atoms with E-state index in [2.05, 4.69) is 9.97 Å². The fourth-order valence-electron chi connectivity index (χ4n) is 2.60. The molecule has 0 radical (unpaired) electrons. The Morgan fingerprint density at radius 3 is 2.48 bits per heavy atom. The maximum Gasteiger partial charge on any atom is 0.259 e. The average molecular weight is 332 g/mol. The van der Waals surface area contributed by atoms with Crippen LogP contribution in [0, 0.1) is 5.82 Å². The van der Waals surface area contributed by atoms with E-state index >= 15 is 0 Å². The molecule has 0 unspecified atom stereocenters. The van der Waals surface area contributed by atoms with E-state index in [0.717, 1.165) is 0 Å². The van der Waals surface area contributed by atoms with Gasteiger partial charge in [0, 0.05) is 0 Å². The lowest BCUT2D eigenvalue weighted by atomic mass is 10.1. The van der Waals surface area contributed by atoms with Crippen molar-refractivity contribution >= 4 is 10.9 Å². The molecule has 0 saturated heterocycles. The number of hydrogen-bond donors (Lipinski definition) is 1. The van der Waals surface area contributed by atoms with Gasteiger partial charge in [0.1, 0.15) is 11.6 Å². The van der Waals surface area contributed by atoms with Crippen LogP contribution in [0.4, 0.5) is 4.39 Å². The van der Waals surface area contributed by atoms with Crippen molar-refractivity contribution in [1.29, 1.82) is 0 Å². The SMILES string of the molecule is O=c1[nH]c(-c2cccc(Oc3ccccc3)c2F)nc2ccccc12. The van der Waals surface area contributed by atoms with Gasteiger partial charge in [0.25, 0.3) is 5.56 Å². The van der Waals surface area contributed by atoms with Gasteiger partial charge in [-0.2, -0.15) is 0 Å². The fraction of sp³-hybridized carbons (Fsp3) is 0. The maximum absolute atomic E-state index is 14.9. The lowest BCUT2D eigenvalue weighted by Crippen LogP contribution is -2.10. The average Bonchev–Trinajstić information content (AvgIpc) is 2.64. The monoisotopic (exact) mass is 332 g/mol. The van der Waals surface area contributed by atoms with Crippen LogP contribution < -0.4 is 10.3 Å². The molecule has 25 heavy (non-hydrogen) atoms. The van der Waals surface area contributed by atoms with Gasteiger partial charge < -0.3 is 9.72 Å². The molecule has 4 aromatic rings. The molecule has 0 saturated carbocycles. The molecular weight excluding hydrogens is 319 g/mol. The Kier molecular flexibility index (Phi) is 3.74. The summed E-state index contributed by atoms with van der Waals surface area (Å²) in [6, 6.07) is 20.6. The molecular formula is C20H13FN2O2. The molecule has 0 spiro atoms. The van der Waals surface area contributed by atoms with Crippen molar-refractivity contribution in [2.45, 2.75) is 0 Å². The van der Waals surface area contributed by atoms with Gasteiger partial charge in [-0.05, 0) is 36.4 Å². The zero-order valence-corrected chi connectivity index (χ0v) is 13.1. The zero-order valence-electron chi connectivity index (χ0n) is 13.1. The van der Waals surface area contributed by atoms with Crippen LogP contribution in [0.25, 0.3) is 22.3 Å². The summed E-state index contributed by atoms with van der Waals surface area (Å²) < 4.78 is 20.5. The van der Waals surface area contributed by atoms with Gasteiger partial charge >= 0.3 is 0 Å². The number of nitrogens with zero attached hydrogens (tertiary/aromatic N) is 1. The molecule has 0 amide bonds. The number of ether oxygens (including phenoxy) is 1. The van der Waals surface area contributed by atoms with E-state index in [-0.39, 0.29) is 22.7 Å². The summed E-state index contributed by atoms with van der Waals surface area (Å²) in [5.74, 6) is 0.183. The fourth-order valence-corrected chi connectivity index (χ4v) is 2.60. The van der Waals surface area contributed by atoms with Crippen LogP contribution in [0.2, 0.25) is 0 Å². The van der Waals surface area contributed by atoms with E-state index in [0.29, 0.717) is 16.7 Å². The molecule has 0 aliphatic heterocycles. The Morgan fingerprint density at radius 2 is 1.64 bits per heavy atom. The van der Waals surface area contributed by atoms with Crippen molar-refractivity contribution in [3.05, 3.63) is 89.0 Å². The highest BCUT2D eigenvalue weighted by Crippen LogP contribution is 2.30. The first-order valence-electron chi connectivity index (χ1n) is 7.73. The summed E-state index contributed by atoms with van der Waals surface area (Å²) in [5, 5.41) is 0.461. The van der Waals surface area contributed by atoms with Crippen molar-refractivity contribution < 1.29 is 9.13 Å². The van der Waals surface area contributed by atoms with Crippen LogP contribution in [0.3, 0.4) is 0 Å². The van der Waals surface area contributed by atoms with E-state index in [1.54, 1.807) is 60.7 Å². The molecule has 0 fully saturated rings. The smallest absolute Gasteiger partial charge is 0.259 e. The van der Waals surface area contributed by atoms with E-state index in [9.17, 15) is 9.18 Å². The highest BCUT2D eigenvalue weighted by Gasteiger charge is 2.14. The van der Waals surface area contributed by atoms with Crippen molar-refractivity contribution in [2.24, 2.45) is 0 Å². The minimum absolute atomic E-state index is 0.0690. The van der Waals surface area contributed by atoms with Crippen molar-refractivity contribution in [3.63, 3.8) is 0 Å². The third-order valence-electron chi connectivity index (χ3n) is 3.80. The molecule has 1 N–H and O–H groups in total. The topological polar surface area (TPSA) is 55.0 Å². The number of fused-ring (bicyclic) bond motifs is 1. The minimum Gasteiger partial charge on any atom is -0.454 e. The third kappa shape index (κ3) is 2.87. The second kappa shape index (κ2) is 6.20. The number of H-pyrrole nitrogens is 1. The molecule has 0 aliphatic carbocycles. The molecule has 1 heterocycles. The predicted molar refractivity (Wildman–Crippen MR) is 94.3 cm³/mol. The Balaban J connectivity index is 1.81. The Bertz CT molecular complexity index is 1110. The van der Waals surface area contributed by atoms with E-state index < -0.39 is 5.82 Å². The molecule has 4 nitrogen and oxygen atoms in total. The van der Waals surface area contributed by atoms with Crippen LogP contribution in [0.1, 0.15) is 0 Å². The second-order valence-corrected chi connectivity index (χ2v) is 5.46. The van der Waals surface area contributed by atoms with Crippen molar-refractivity contribution in [1.82, 2.24) is 9.97 Å². The number of aromatic nitrogens is 2. The Morgan fingerprint density at radius 1 is 0.880 bits per heavy atom. The van der Waals surface area contributed by atoms with Crippen molar-refractivity contribution in [2.75, 3.05) is 0 Å². The second-order valence-electron chi connectivity index (χ2n) is 5.46. The van der Waals surface area contributed by atoms with Gasteiger partial charge in [-0.25, -0.2) is 9.37 Å². The van der Waals surface area contributed by atoms with Gasteiger partial charge in [0.15, 0.2) is 11.6 Å². The van der Waals surface area contributed by atoms with Crippen LogP contribution >= 0.6 is 0 Å². The Labute approximate surface area is 142 Å². The summed E-state index contributed by atoms with van der Waals surface area (Å²) in [7, 11) is 0. The molecule has 0 atom stereocenters. The molecule has 0 aliphatic rings. The Hall–Kier alpha value is -3.47. The van der Waals surface area contributed by atoms with Gasteiger partial charge in [-0.3, -0.25) is 4.79 Å². The molecule has 4 rings (SSSR count). The van der Waals surface area contributed by atoms with E-state index in [4.69, 9.17) is 4.74 Å². The molecule has 1 aromatic heterocycles. The van der Waals surface area contributed by atoms with E-state index in [1.165, 1.54) is 6.07 Å². The highest BCUT2D eigenvalue weighted by atomic mass is 19.1. The lowest BCUT2D eigenvalue weighted by molar-refractivity contribution is 0.443. The minimum atomic E-state index is -0.579. The first kappa shape index (κ1) is 15.1. The predicted octanol–water partition coefficient (Wildman–Crippen LogP) is 4.52. The molecule has 0 bridgehead atoms. The first-order valence-corrected chi connectivity index (χ1v) is 7.73. The molecule has 122 valence electrons. The van der Waals surface area contributed by atoms with Gasteiger partial charge in [-0.15, -0.1) is 0 Å². The molecule has 3 aromatic carbocycles. The largest absolute Gasteiger partial charge is 0.454 e. The summed E-state index contributed by atoms with van der Waals surface area (Å²) >= 11 is 0. The summed E-state index contributed by atoms with van der Waals surface area (Å²) in [5.41, 5.74) is 0.376. The number of hydrogen-bond acceptors (Lipinski definition) is 3. The quantitative estimate of drug-likeness (QED) is 0.600. The summed E-state index contributed by atoms with van der Waals surface area (Å²) in [6.07, 6.45) is 0. The van der Waals surface area contributed by atoms with Crippen LogP contribution in [0.5, 0.6) is 11.5 Å². The molecule has 5 heteroatoms. The number of benzene rings is 3. The van der Waals surface area contributed by atoms with Gasteiger partial charge in [-0.1, -0.05) is 36.4 Å².